The van der Waals surface area contributed by atoms with E-state index in [2.05, 4.69) is 12.6 Å². The van der Waals surface area contributed by atoms with Crippen LogP contribution >= 0.6 is 0 Å². The molecule has 0 saturated carbocycles. The fraction of sp³-hybridized carbons (Fsp3) is 0.273. The van der Waals surface area contributed by atoms with E-state index in [4.69, 9.17) is 4.74 Å². The molecule has 0 amide bonds. The van der Waals surface area contributed by atoms with Crippen LogP contribution in [0, 0.1) is 0 Å². The van der Waals surface area contributed by atoms with Crippen LogP contribution in [0.1, 0.15) is 12.0 Å². The minimum atomic E-state index is 0.774. The van der Waals surface area contributed by atoms with E-state index in [-0.39, 0.29) is 0 Å². The Morgan fingerprint density at radius 2 is 2.08 bits per heavy atom. The van der Waals surface area contributed by atoms with Crippen LogP contribution < -0.4 is 4.74 Å². The summed E-state index contributed by atoms with van der Waals surface area (Å²) in [4.78, 5) is 0. The Kier molecular flexibility index (Phi) is 1.86. The molecule has 0 spiro atoms. The fourth-order valence-electron chi connectivity index (χ4n) is 1.45. The molecule has 0 saturated heterocycles. The summed E-state index contributed by atoms with van der Waals surface area (Å²) < 4.78 is 5.56. The zero-order valence-corrected chi connectivity index (χ0v) is 7.05. The zero-order valence-electron chi connectivity index (χ0n) is 7.05. The average molecular weight is 160 g/mol. The molecular weight excluding hydrogens is 148 g/mol. The number of ether oxygens (including phenoxy) is 1. The third-order valence-electron chi connectivity index (χ3n) is 2.13. The molecule has 0 radical (unpaired) electrons. The highest BCUT2D eigenvalue weighted by Crippen LogP contribution is 2.24. The van der Waals surface area contributed by atoms with Crippen molar-refractivity contribution in [3.63, 3.8) is 0 Å². The Balaban J connectivity index is 2.37. The van der Waals surface area contributed by atoms with Crippen molar-refractivity contribution in [2.75, 3.05) is 6.61 Å². The van der Waals surface area contributed by atoms with Gasteiger partial charge in [-0.15, -0.1) is 0 Å². The van der Waals surface area contributed by atoms with E-state index in [0.29, 0.717) is 0 Å². The fourth-order valence-corrected chi connectivity index (χ4v) is 1.45. The van der Waals surface area contributed by atoms with Gasteiger partial charge in [-0.2, -0.15) is 0 Å². The van der Waals surface area contributed by atoms with E-state index in [1.165, 1.54) is 11.1 Å². The van der Waals surface area contributed by atoms with Crippen molar-refractivity contribution in [1.82, 2.24) is 0 Å². The van der Waals surface area contributed by atoms with Crippen LogP contribution in [0.15, 0.2) is 36.4 Å². The Hall–Kier alpha value is -1.24. The van der Waals surface area contributed by atoms with E-state index in [9.17, 15) is 0 Å². The molecule has 12 heavy (non-hydrogen) atoms. The van der Waals surface area contributed by atoms with Crippen molar-refractivity contribution in [2.24, 2.45) is 0 Å². The number of para-hydroxylation sites is 1. The second-order valence-corrected chi connectivity index (χ2v) is 3.13. The molecule has 0 fully saturated rings. The van der Waals surface area contributed by atoms with Crippen LogP contribution in [0.4, 0.5) is 0 Å². The number of hydrogen-bond acceptors (Lipinski definition) is 1. The largest absolute Gasteiger partial charge is 0.493 e. The quantitative estimate of drug-likeness (QED) is 0.530. The summed E-state index contributed by atoms with van der Waals surface area (Å²) in [6, 6.07) is 8.17. The standard InChI is InChI=1S/C11H12O/c1-9-6-7-12-11-5-3-2-4-10(11)8-9/h2-5H,1,6-8H2. The lowest BCUT2D eigenvalue weighted by molar-refractivity contribution is 0.326. The van der Waals surface area contributed by atoms with Gasteiger partial charge >= 0.3 is 0 Å². The molecule has 0 N–H and O–H groups in total. The highest BCUT2D eigenvalue weighted by Gasteiger charge is 2.08. The molecular formula is C11H12O. The molecule has 1 aliphatic rings. The van der Waals surface area contributed by atoms with Gasteiger partial charge in [0.15, 0.2) is 0 Å². The molecule has 1 aromatic carbocycles. The number of rotatable bonds is 0. The summed E-state index contributed by atoms with van der Waals surface area (Å²) in [7, 11) is 0. The molecule has 1 aromatic rings. The Labute approximate surface area is 72.7 Å². The predicted octanol–water partition coefficient (Wildman–Crippen LogP) is 2.57. The lowest BCUT2D eigenvalue weighted by Gasteiger charge is -2.04. The summed E-state index contributed by atoms with van der Waals surface area (Å²) >= 11 is 0. The van der Waals surface area contributed by atoms with E-state index in [1.54, 1.807) is 0 Å². The van der Waals surface area contributed by atoms with Gasteiger partial charge in [0.25, 0.3) is 0 Å². The van der Waals surface area contributed by atoms with E-state index in [0.717, 1.165) is 25.2 Å². The molecule has 1 aliphatic heterocycles. The number of benzene rings is 1. The van der Waals surface area contributed by atoms with Crippen LogP contribution in [0.2, 0.25) is 0 Å². The van der Waals surface area contributed by atoms with Gasteiger partial charge in [0.05, 0.1) is 6.61 Å². The van der Waals surface area contributed by atoms with Crippen LogP contribution in [-0.2, 0) is 6.42 Å². The minimum absolute atomic E-state index is 0.774. The second-order valence-electron chi connectivity index (χ2n) is 3.13. The Morgan fingerprint density at radius 1 is 1.25 bits per heavy atom. The van der Waals surface area contributed by atoms with Gasteiger partial charge in [0.1, 0.15) is 5.75 Å². The summed E-state index contributed by atoms with van der Waals surface area (Å²) in [5, 5.41) is 0. The third-order valence-corrected chi connectivity index (χ3v) is 2.13. The van der Waals surface area contributed by atoms with Crippen molar-refractivity contribution in [1.29, 1.82) is 0 Å². The second kappa shape index (κ2) is 3.02. The maximum Gasteiger partial charge on any atom is 0.122 e. The first-order valence-corrected chi connectivity index (χ1v) is 4.23. The topological polar surface area (TPSA) is 9.23 Å². The van der Waals surface area contributed by atoms with Crippen LogP contribution in [0.25, 0.3) is 0 Å². The number of fused-ring (bicyclic) bond motifs is 1. The van der Waals surface area contributed by atoms with Crippen molar-refractivity contribution in [3.8, 4) is 5.75 Å². The van der Waals surface area contributed by atoms with Gasteiger partial charge in [-0.1, -0.05) is 30.4 Å². The van der Waals surface area contributed by atoms with E-state index in [1.807, 2.05) is 18.2 Å². The van der Waals surface area contributed by atoms with Crippen LogP contribution in [0.3, 0.4) is 0 Å². The molecule has 1 heterocycles. The number of hydrogen-bond donors (Lipinski definition) is 0. The Bertz CT molecular complexity index is 302. The lowest BCUT2D eigenvalue weighted by atomic mass is 10.1. The molecule has 1 nitrogen and oxygen atoms in total. The van der Waals surface area contributed by atoms with Gasteiger partial charge < -0.3 is 4.74 Å². The third kappa shape index (κ3) is 1.35. The summed E-state index contributed by atoms with van der Waals surface area (Å²) in [6.45, 7) is 4.77. The highest BCUT2D eigenvalue weighted by atomic mass is 16.5. The van der Waals surface area contributed by atoms with Gasteiger partial charge in [0, 0.05) is 6.42 Å². The molecule has 0 aromatic heterocycles. The SMILES string of the molecule is C=C1CCOc2ccccc2C1. The molecule has 0 aliphatic carbocycles. The summed E-state index contributed by atoms with van der Waals surface area (Å²) in [6.07, 6.45) is 1.95. The van der Waals surface area contributed by atoms with Crippen LogP contribution in [-0.4, -0.2) is 6.61 Å². The molecule has 0 bridgehead atoms. The van der Waals surface area contributed by atoms with Gasteiger partial charge in [-0.25, -0.2) is 0 Å². The predicted molar refractivity (Wildman–Crippen MR) is 49.4 cm³/mol. The van der Waals surface area contributed by atoms with Gasteiger partial charge in [-0.3, -0.25) is 0 Å². The lowest BCUT2D eigenvalue weighted by Crippen LogP contribution is -1.94. The first-order chi connectivity index (χ1) is 5.86. The monoisotopic (exact) mass is 160 g/mol. The first kappa shape index (κ1) is 7.41. The maximum absolute atomic E-state index is 5.56. The maximum atomic E-state index is 5.56. The first-order valence-electron chi connectivity index (χ1n) is 4.23. The highest BCUT2D eigenvalue weighted by molar-refractivity contribution is 5.37. The molecule has 0 atom stereocenters. The normalized spacial score (nSPS) is 16.2. The molecule has 1 heteroatoms. The Morgan fingerprint density at radius 3 is 3.00 bits per heavy atom. The summed E-state index contributed by atoms with van der Waals surface area (Å²) in [5.41, 5.74) is 2.53. The molecule has 0 unspecified atom stereocenters. The van der Waals surface area contributed by atoms with Gasteiger partial charge in [-0.05, 0) is 18.1 Å². The van der Waals surface area contributed by atoms with E-state index < -0.39 is 0 Å². The summed E-state index contributed by atoms with van der Waals surface area (Å²) in [5.74, 6) is 1.02. The smallest absolute Gasteiger partial charge is 0.122 e. The molecule has 2 rings (SSSR count). The van der Waals surface area contributed by atoms with E-state index >= 15 is 0 Å². The molecule has 62 valence electrons. The zero-order chi connectivity index (χ0) is 8.39. The van der Waals surface area contributed by atoms with Crippen molar-refractivity contribution in [3.05, 3.63) is 42.0 Å². The van der Waals surface area contributed by atoms with Crippen LogP contribution in [0.5, 0.6) is 5.75 Å². The van der Waals surface area contributed by atoms with Crippen molar-refractivity contribution in [2.45, 2.75) is 12.8 Å². The minimum Gasteiger partial charge on any atom is -0.493 e. The van der Waals surface area contributed by atoms with Gasteiger partial charge in [0.2, 0.25) is 0 Å². The van der Waals surface area contributed by atoms with Crippen molar-refractivity contribution < 1.29 is 4.74 Å². The van der Waals surface area contributed by atoms with Crippen molar-refractivity contribution >= 4 is 0 Å². The average Bonchev–Trinajstić information content (AvgIpc) is 2.25.